The third-order valence-electron chi connectivity index (χ3n) is 0.738. The van der Waals surface area contributed by atoms with Crippen LogP contribution in [0.5, 0.6) is 0 Å². The zero-order chi connectivity index (χ0) is 7.44. The summed E-state index contributed by atoms with van der Waals surface area (Å²) >= 11 is 0. The van der Waals surface area contributed by atoms with Gasteiger partial charge >= 0.3 is 57.2 Å². The van der Waals surface area contributed by atoms with Crippen molar-refractivity contribution in [3.05, 3.63) is 20.5 Å². The van der Waals surface area contributed by atoms with Crippen LogP contribution < -0.4 is 51.4 Å². The van der Waals surface area contributed by atoms with Gasteiger partial charge in [-0.05, 0) is 6.92 Å². The number of hydrogen-bond donors (Lipinski definition) is 0. The Morgan fingerprint density at radius 2 is 1.80 bits per heavy atom. The topological polar surface area (TPSA) is 92.3 Å². The molecule has 0 unspecified atom stereocenters. The van der Waals surface area contributed by atoms with Crippen molar-refractivity contribution < 1.29 is 61.2 Å². The molecule has 0 heterocycles. The summed E-state index contributed by atoms with van der Waals surface area (Å²) in [6.45, 7) is 1.36. The molecule has 0 aliphatic rings. The molecule has 0 amide bonds. The summed E-state index contributed by atoms with van der Waals surface area (Å²) in [7, 11) is 0. The van der Waals surface area contributed by atoms with Gasteiger partial charge in [0.05, 0.1) is 0 Å². The Balaban J connectivity index is 0. The number of nitro groups is 1. The molecule has 0 aromatic rings. The number of nitrogens with zero attached hydrogens (tertiary/aromatic N) is 2. The fraction of sp³-hybridized carbons (Fsp3) is 0.667. The second-order valence-electron chi connectivity index (χ2n) is 1.28. The van der Waals surface area contributed by atoms with Crippen molar-refractivity contribution >= 4 is 5.84 Å². The summed E-state index contributed by atoms with van der Waals surface area (Å²) in [4.78, 5) is 7.73. The molecule has 6 nitrogen and oxygen atoms in total. The zero-order valence-corrected chi connectivity index (χ0v) is 8.86. The molecule has 0 bridgehead atoms. The third-order valence-corrected chi connectivity index (χ3v) is 0.738. The molecule has 0 fully saturated rings. The van der Waals surface area contributed by atoms with Crippen molar-refractivity contribution in [3.8, 4) is 0 Å². The standard InChI is InChI=1S/C3H5N2O4.K/c1-2-3(4(6)7)5(8)9;/h2H2,1H3;/q-1;+1. The molecule has 0 aliphatic heterocycles. The van der Waals surface area contributed by atoms with E-state index in [1.54, 1.807) is 0 Å². The van der Waals surface area contributed by atoms with Crippen LogP contribution in [0.2, 0.25) is 0 Å². The van der Waals surface area contributed by atoms with E-state index >= 15 is 0 Å². The maximum atomic E-state index is 9.70. The van der Waals surface area contributed by atoms with E-state index in [1.807, 2.05) is 0 Å². The summed E-state index contributed by atoms with van der Waals surface area (Å²) in [5, 5.41) is 29.1. The van der Waals surface area contributed by atoms with Gasteiger partial charge in [-0.1, -0.05) is 0 Å². The molecule has 0 saturated carbocycles. The van der Waals surface area contributed by atoms with Gasteiger partial charge in [-0.2, -0.15) is 0 Å². The average molecular weight is 172 g/mol. The van der Waals surface area contributed by atoms with E-state index in [1.165, 1.54) is 6.92 Å². The Kier molecular flexibility index (Phi) is 7.82. The van der Waals surface area contributed by atoms with Crippen LogP contribution in [0.1, 0.15) is 13.3 Å². The van der Waals surface area contributed by atoms with Crippen LogP contribution >= 0.6 is 0 Å². The molecule has 0 atom stereocenters. The molecular formula is C3H5KN2O4. The minimum atomic E-state index is -0.986. The first-order valence-corrected chi connectivity index (χ1v) is 2.24. The first-order chi connectivity index (χ1) is 4.09. The van der Waals surface area contributed by atoms with E-state index in [0.29, 0.717) is 0 Å². The molecule has 0 radical (unpaired) electrons. The van der Waals surface area contributed by atoms with Gasteiger partial charge in [-0.3, -0.25) is 10.1 Å². The van der Waals surface area contributed by atoms with Gasteiger partial charge in [0.2, 0.25) is 0 Å². The van der Waals surface area contributed by atoms with Crippen molar-refractivity contribution in [2.75, 3.05) is 0 Å². The van der Waals surface area contributed by atoms with Gasteiger partial charge in [0, 0.05) is 0 Å². The Morgan fingerprint density at radius 3 is 1.80 bits per heavy atom. The molecule has 0 aromatic carbocycles. The quantitative estimate of drug-likeness (QED) is 0.106. The van der Waals surface area contributed by atoms with Gasteiger partial charge in [-0.15, -0.1) is 4.90 Å². The fourth-order valence-electron chi connectivity index (χ4n) is 0.325. The van der Waals surface area contributed by atoms with E-state index < -0.39 is 15.7 Å². The second kappa shape index (κ2) is 6.04. The maximum Gasteiger partial charge on any atom is 1.00 e. The summed E-state index contributed by atoms with van der Waals surface area (Å²) in [6, 6.07) is 0. The van der Waals surface area contributed by atoms with Gasteiger partial charge < -0.3 is 10.4 Å². The molecule has 52 valence electrons. The average Bonchev–Trinajstić information content (AvgIpc) is 1.64. The molecule has 0 spiro atoms. The Morgan fingerprint density at radius 1 is 1.40 bits per heavy atom. The van der Waals surface area contributed by atoms with Crippen molar-refractivity contribution in [2.45, 2.75) is 13.3 Å². The summed E-state index contributed by atoms with van der Waals surface area (Å²) < 4.78 is 0. The number of hydrogen-bond acceptors (Lipinski definition) is 4. The predicted molar refractivity (Wildman–Crippen MR) is 29.3 cm³/mol. The van der Waals surface area contributed by atoms with Crippen molar-refractivity contribution in [2.24, 2.45) is 0 Å². The Bertz CT molecular complexity index is 153. The van der Waals surface area contributed by atoms with Gasteiger partial charge in [0.15, 0.2) is 0 Å². The molecule has 0 aromatic heterocycles. The first-order valence-electron chi connectivity index (χ1n) is 2.24. The van der Waals surface area contributed by atoms with Crippen LogP contribution in [-0.4, -0.2) is 15.7 Å². The van der Waals surface area contributed by atoms with E-state index in [4.69, 9.17) is 0 Å². The second-order valence-corrected chi connectivity index (χ2v) is 1.28. The largest absolute Gasteiger partial charge is 1.00 e. The molecule has 10 heavy (non-hydrogen) atoms. The van der Waals surface area contributed by atoms with E-state index in [9.17, 15) is 20.5 Å². The van der Waals surface area contributed by atoms with Gasteiger partial charge in [0.25, 0.3) is 0 Å². The smallest absolute Gasteiger partial charge is 0.608 e. The number of amidine groups is 1. The normalized spacial score (nSPS) is 7.70. The first kappa shape index (κ1) is 12.9. The predicted octanol–water partition coefficient (Wildman–Crippen LogP) is -2.92. The van der Waals surface area contributed by atoms with Gasteiger partial charge in [-0.25, -0.2) is 0 Å². The monoisotopic (exact) mass is 172 g/mol. The molecular weight excluding hydrogens is 167 g/mol. The van der Waals surface area contributed by atoms with Crippen molar-refractivity contribution in [1.29, 1.82) is 0 Å². The Hall–Kier alpha value is 0.306. The minimum absolute atomic E-state index is 0. The van der Waals surface area contributed by atoms with Crippen LogP contribution in [0.15, 0.2) is 0 Å². The summed E-state index contributed by atoms with van der Waals surface area (Å²) in [5.74, 6) is -0.866. The molecule has 0 N–H and O–H groups in total. The van der Waals surface area contributed by atoms with Crippen molar-refractivity contribution in [1.82, 2.24) is 0 Å². The third kappa shape index (κ3) is 4.17. The molecule has 7 heteroatoms. The van der Waals surface area contributed by atoms with Crippen LogP contribution in [0, 0.1) is 20.5 Å². The summed E-state index contributed by atoms with van der Waals surface area (Å²) in [6.07, 6.45) is -0.153. The minimum Gasteiger partial charge on any atom is -0.608 e. The number of rotatable bonds is 1. The van der Waals surface area contributed by atoms with Crippen LogP contribution in [-0.2, 0) is 0 Å². The maximum absolute atomic E-state index is 9.70. The fourth-order valence-corrected chi connectivity index (χ4v) is 0.325. The van der Waals surface area contributed by atoms with Gasteiger partial charge in [0.1, 0.15) is 11.3 Å². The van der Waals surface area contributed by atoms with Crippen LogP contribution in [0.4, 0.5) is 0 Å². The van der Waals surface area contributed by atoms with Crippen LogP contribution in [0.3, 0.4) is 0 Å². The van der Waals surface area contributed by atoms with Crippen LogP contribution in [0.25, 0.3) is 0 Å². The SMILES string of the molecule is CCC([N+](=O)[O-])=[N+]([O-])[O-].[K+]. The van der Waals surface area contributed by atoms with E-state index in [0.717, 1.165) is 0 Å². The molecule has 0 saturated heterocycles. The van der Waals surface area contributed by atoms with E-state index in [-0.39, 0.29) is 57.8 Å². The van der Waals surface area contributed by atoms with E-state index in [2.05, 4.69) is 0 Å². The molecule has 0 rings (SSSR count). The Labute approximate surface area is 99.6 Å². The molecule has 0 aliphatic carbocycles. The van der Waals surface area contributed by atoms with Crippen molar-refractivity contribution in [3.63, 3.8) is 0 Å². The summed E-state index contributed by atoms with van der Waals surface area (Å²) in [5.41, 5.74) is 0. The zero-order valence-electron chi connectivity index (χ0n) is 5.73.